The van der Waals surface area contributed by atoms with Crippen LogP contribution in [0.3, 0.4) is 0 Å². The summed E-state index contributed by atoms with van der Waals surface area (Å²) in [4.78, 5) is 30.5. The highest BCUT2D eigenvalue weighted by Gasteiger charge is 2.43. The summed E-state index contributed by atoms with van der Waals surface area (Å²) in [6.45, 7) is 9.09. The predicted octanol–water partition coefficient (Wildman–Crippen LogP) is 3.70. The summed E-state index contributed by atoms with van der Waals surface area (Å²) in [6, 6.07) is 15.3. The zero-order valence-electron chi connectivity index (χ0n) is 17.3. The first-order valence-corrected chi connectivity index (χ1v) is 10.0. The number of carbonyl (C=O) groups is 2. The van der Waals surface area contributed by atoms with E-state index in [0.717, 1.165) is 16.7 Å². The zero-order valence-corrected chi connectivity index (χ0v) is 17.3. The molecule has 0 aliphatic carbocycles. The average Bonchev–Trinajstić information content (AvgIpc) is 2.91. The summed E-state index contributed by atoms with van der Waals surface area (Å²) in [5.41, 5.74) is 4.36. The van der Waals surface area contributed by atoms with Gasteiger partial charge >= 0.3 is 0 Å². The number of hydrogen-bond donors (Lipinski definition) is 0. The second-order valence-electron chi connectivity index (χ2n) is 8.04. The van der Waals surface area contributed by atoms with E-state index in [1.807, 2.05) is 81.1 Å². The van der Waals surface area contributed by atoms with Gasteiger partial charge in [0.1, 0.15) is 5.70 Å². The van der Waals surface area contributed by atoms with Crippen LogP contribution in [0.5, 0.6) is 0 Å². The molecule has 150 valence electrons. The van der Waals surface area contributed by atoms with Crippen LogP contribution in [0.1, 0.15) is 30.5 Å². The van der Waals surface area contributed by atoms with Crippen molar-refractivity contribution < 1.29 is 14.3 Å². The summed E-state index contributed by atoms with van der Waals surface area (Å²) >= 11 is 0. The average molecular weight is 390 g/mol. The SMILES string of the molecule is Cc1cc(C)cc(N2C(=O)C(c3ccccc3)=C(N3CC(C)OC(C)C3)C2=O)c1. The Morgan fingerprint density at radius 1 is 0.862 bits per heavy atom. The highest BCUT2D eigenvalue weighted by molar-refractivity contribution is 6.45. The minimum atomic E-state index is -0.270. The topological polar surface area (TPSA) is 49.9 Å². The monoisotopic (exact) mass is 390 g/mol. The number of hydrogen-bond acceptors (Lipinski definition) is 4. The molecule has 2 aliphatic rings. The molecule has 0 spiro atoms. The summed E-state index contributed by atoms with van der Waals surface area (Å²) < 4.78 is 5.85. The summed E-state index contributed by atoms with van der Waals surface area (Å²) in [5.74, 6) is -0.534. The molecule has 2 heterocycles. The van der Waals surface area contributed by atoms with Crippen molar-refractivity contribution in [2.45, 2.75) is 39.9 Å². The maximum Gasteiger partial charge on any atom is 0.282 e. The van der Waals surface area contributed by atoms with E-state index in [4.69, 9.17) is 4.74 Å². The molecule has 2 atom stereocenters. The van der Waals surface area contributed by atoms with Gasteiger partial charge in [0.15, 0.2) is 0 Å². The Kier molecular flexibility index (Phi) is 5.01. The highest BCUT2D eigenvalue weighted by atomic mass is 16.5. The fourth-order valence-electron chi connectivity index (χ4n) is 4.35. The molecule has 1 saturated heterocycles. The number of amides is 2. The van der Waals surface area contributed by atoms with E-state index < -0.39 is 0 Å². The first kappa shape index (κ1) is 19.4. The molecule has 0 radical (unpaired) electrons. The van der Waals surface area contributed by atoms with E-state index in [9.17, 15) is 9.59 Å². The van der Waals surface area contributed by atoms with Crippen molar-refractivity contribution in [1.82, 2.24) is 4.90 Å². The quantitative estimate of drug-likeness (QED) is 0.750. The van der Waals surface area contributed by atoms with Crippen LogP contribution in [0.2, 0.25) is 0 Å². The summed E-state index contributed by atoms with van der Waals surface area (Å²) in [7, 11) is 0. The van der Waals surface area contributed by atoms with Gasteiger partial charge in [0.25, 0.3) is 11.8 Å². The number of anilines is 1. The molecular formula is C24H26N2O3. The number of rotatable bonds is 3. The number of morpholine rings is 1. The minimum Gasteiger partial charge on any atom is -0.372 e. The maximum atomic E-state index is 13.6. The van der Waals surface area contributed by atoms with Crippen LogP contribution in [0.4, 0.5) is 5.69 Å². The summed E-state index contributed by atoms with van der Waals surface area (Å²) in [6.07, 6.45) is -0.0251. The van der Waals surface area contributed by atoms with Crippen molar-refractivity contribution in [2.75, 3.05) is 18.0 Å². The normalized spacial score (nSPS) is 22.6. The molecule has 2 aromatic rings. The van der Waals surface area contributed by atoms with Gasteiger partial charge in [-0.3, -0.25) is 9.59 Å². The molecule has 0 N–H and O–H groups in total. The lowest BCUT2D eigenvalue weighted by molar-refractivity contribution is -0.121. The fourth-order valence-corrected chi connectivity index (χ4v) is 4.35. The third-order valence-electron chi connectivity index (χ3n) is 5.32. The van der Waals surface area contributed by atoms with E-state index in [1.165, 1.54) is 4.90 Å². The Morgan fingerprint density at radius 3 is 2.03 bits per heavy atom. The van der Waals surface area contributed by atoms with Crippen molar-refractivity contribution in [3.05, 3.63) is 70.9 Å². The Balaban J connectivity index is 1.84. The number of aryl methyl sites for hydroxylation is 2. The molecule has 29 heavy (non-hydrogen) atoms. The molecule has 0 bridgehead atoms. The van der Waals surface area contributed by atoms with Crippen LogP contribution < -0.4 is 4.90 Å². The maximum absolute atomic E-state index is 13.6. The van der Waals surface area contributed by atoms with Crippen molar-refractivity contribution in [3.8, 4) is 0 Å². The first-order valence-electron chi connectivity index (χ1n) is 10.0. The van der Waals surface area contributed by atoms with Gasteiger partial charge in [-0.1, -0.05) is 36.4 Å². The van der Waals surface area contributed by atoms with E-state index in [1.54, 1.807) is 0 Å². The molecule has 1 fully saturated rings. The number of carbonyl (C=O) groups excluding carboxylic acids is 2. The van der Waals surface area contributed by atoms with Crippen LogP contribution >= 0.6 is 0 Å². The molecule has 5 nitrogen and oxygen atoms in total. The molecule has 2 amide bonds. The van der Waals surface area contributed by atoms with Gasteiger partial charge in [-0.2, -0.15) is 0 Å². The lowest BCUT2D eigenvalue weighted by atomic mass is 10.0. The Morgan fingerprint density at radius 2 is 1.45 bits per heavy atom. The zero-order chi connectivity index (χ0) is 20.7. The van der Waals surface area contributed by atoms with E-state index in [2.05, 4.69) is 0 Å². The lowest BCUT2D eigenvalue weighted by Crippen LogP contribution is -2.47. The van der Waals surface area contributed by atoms with E-state index in [-0.39, 0.29) is 24.0 Å². The molecular weight excluding hydrogens is 364 g/mol. The van der Waals surface area contributed by atoms with Crippen LogP contribution in [-0.2, 0) is 14.3 Å². The van der Waals surface area contributed by atoms with Gasteiger partial charge in [-0.05, 0) is 56.5 Å². The van der Waals surface area contributed by atoms with Crippen molar-refractivity contribution in [1.29, 1.82) is 0 Å². The number of nitrogens with zero attached hydrogens (tertiary/aromatic N) is 2. The molecule has 2 aromatic carbocycles. The molecule has 2 unspecified atom stereocenters. The third-order valence-corrected chi connectivity index (χ3v) is 5.32. The van der Waals surface area contributed by atoms with Crippen LogP contribution in [0, 0.1) is 13.8 Å². The third kappa shape index (κ3) is 3.58. The van der Waals surface area contributed by atoms with Crippen molar-refractivity contribution >= 4 is 23.1 Å². The molecule has 0 aromatic heterocycles. The number of ether oxygens (including phenoxy) is 1. The van der Waals surface area contributed by atoms with Crippen molar-refractivity contribution in [2.24, 2.45) is 0 Å². The van der Waals surface area contributed by atoms with Gasteiger partial charge in [0, 0.05) is 13.1 Å². The second kappa shape index (κ2) is 7.48. The van der Waals surface area contributed by atoms with Gasteiger partial charge in [-0.25, -0.2) is 4.90 Å². The smallest absolute Gasteiger partial charge is 0.282 e. The second-order valence-corrected chi connectivity index (χ2v) is 8.04. The molecule has 0 saturated carbocycles. The minimum absolute atomic E-state index is 0.0126. The highest BCUT2D eigenvalue weighted by Crippen LogP contribution is 2.36. The number of benzene rings is 2. The Labute approximate surface area is 171 Å². The fraction of sp³-hybridized carbons (Fsp3) is 0.333. The Bertz CT molecular complexity index is 966. The Hall–Kier alpha value is -2.92. The molecule has 4 rings (SSSR count). The van der Waals surface area contributed by atoms with E-state index in [0.29, 0.717) is 30.0 Å². The van der Waals surface area contributed by atoms with Gasteiger partial charge in [-0.15, -0.1) is 0 Å². The van der Waals surface area contributed by atoms with Crippen LogP contribution in [-0.4, -0.2) is 42.0 Å². The molecule has 5 heteroatoms. The van der Waals surface area contributed by atoms with Gasteiger partial charge in [0.2, 0.25) is 0 Å². The van der Waals surface area contributed by atoms with Crippen LogP contribution in [0.25, 0.3) is 5.57 Å². The van der Waals surface area contributed by atoms with Gasteiger partial charge < -0.3 is 9.64 Å². The van der Waals surface area contributed by atoms with Crippen LogP contribution in [0.15, 0.2) is 54.2 Å². The van der Waals surface area contributed by atoms with E-state index >= 15 is 0 Å². The summed E-state index contributed by atoms with van der Waals surface area (Å²) in [5, 5.41) is 0. The standard InChI is InChI=1S/C24H26N2O3/c1-15-10-16(2)12-20(11-15)26-23(27)21(19-8-6-5-7-9-19)22(24(26)28)25-13-17(3)29-18(4)14-25/h5-12,17-18H,13-14H2,1-4H3. The predicted molar refractivity (Wildman–Crippen MR) is 113 cm³/mol. The lowest BCUT2D eigenvalue weighted by Gasteiger charge is -2.37. The number of imide groups is 1. The van der Waals surface area contributed by atoms with Gasteiger partial charge in [0.05, 0.1) is 23.5 Å². The first-order chi connectivity index (χ1) is 13.8. The largest absolute Gasteiger partial charge is 0.372 e. The molecule has 2 aliphatic heterocycles. The van der Waals surface area contributed by atoms with Crippen molar-refractivity contribution in [3.63, 3.8) is 0 Å².